The highest BCUT2D eigenvalue weighted by atomic mass is 16.3. The van der Waals surface area contributed by atoms with E-state index >= 15 is 0 Å². The SMILES string of the molecule is OCC(NC1CC1)C1CCCCC1. The van der Waals surface area contributed by atoms with Gasteiger partial charge in [-0.05, 0) is 31.6 Å². The minimum absolute atomic E-state index is 0.334. The number of nitrogens with one attached hydrogen (secondary N) is 1. The number of aliphatic hydroxyl groups excluding tert-OH is 1. The highest BCUT2D eigenvalue weighted by molar-refractivity contribution is 4.88. The van der Waals surface area contributed by atoms with E-state index in [9.17, 15) is 5.11 Å². The number of hydrogen-bond donors (Lipinski definition) is 2. The molecule has 0 amide bonds. The van der Waals surface area contributed by atoms with Crippen LogP contribution in [0.3, 0.4) is 0 Å². The fourth-order valence-electron chi connectivity index (χ4n) is 2.43. The van der Waals surface area contributed by atoms with Gasteiger partial charge in [-0.2, -0.15) is 0 Å². The monoisotopic (exact) mass is 183 g/mol. The van der Waals surface area contributed by atoms with E-state index in [1.54, 1.807) is 0 Å². The quantitative estimate of drug-likeness (QED) is 0.695. The van der Waals surface area contributed by atoms with Gasteiger partial charge in [0.1, 0.15) is 0 Å². The summed E-state index contributed by atoms with van der Waals surface area (Å²) in [6.07, 6.45) is 9.43. The molecule has 0 aromatic carbocycles. The Morgan fingerprint density at radius 3 is 2.31 bits per heavy atom. The maximum Gasteiger partial charge on any atom is 0.0587 e. The number of aliphatic hydroxyl groups is 1. The molecule has 2 N–H and O–H groups in total. The number of rotatable bonds is 4. The molecular formula is C11H21NO. The first-order chi connectivity index (χ1) is 6.40. The Morgan fingerprint density at radius 2 is 1.77 bits per heavy atom. The zero-order valence-corrected chi connectivity index (χ0v) is 8.34. The van der Waals surface area contributed by atoms with Crippen LogP contribution in [0.4, 0.5) is 0 Å². The Morgan fingerprint density at radius 1 is 1.08 bits per heavy atom. The van der Waals surface area contributed by atoms with Crippen molar-refractivity contribution in [2.24, 2.45) is 5.92 Å². The molecule has 13 heavy (non-hydrogen) atoms. The van der Waals surface area contributed by atoms with Crippen molar-refractivity contribution in [2.75, 3.05) is 6.61 Å². The average molecular weight is 183 g/mol. The molecule has 0 heterocycles. The molecule has 2 nitrogen and oxygen atoms in total. The molecule has 0 aliphatic heterocycles. The summed E-state index contributed by atoms with van der Waals surface area (Å²) in [5, 5.41) is 12.9. The fraction of sp³-hybridized carbons (Fsp3) is 1.00. The van der Waals surface area contributed by atoms with Crippen molar-refractivity contribution < 1.29 is 5.11 Å². The zero-order chi connectivity index (χ0) is 9.10. The van der Waals surface area contributed by atoms with Crippen LogP contribution >= 0.6 is 0 Å². The van der Waals surface area contributed by atoms with Gasteiger partial charge in [0.05, 0.1) is 6.61 Å². The summed E-state index contributed by atoms with van der Waals surface area (Å²) >= 11 is 0. The summed E-state index contributed by atoms with van der Waals surface area (Å²) in [5.74, 6) is 0.749. The van der Waals surface area contributed by atoms with Crippen molar-refractivity contribution in [3.05, 3.63) is 0 Å². The van der Waals surface area contributed by atoms with Crippen LogP contribution in [0.2, 0.25) is 0 Å². The van der Waals surface area contributed by atoms with Crippen molar-refractivity contribution >= 4 is 0 Å². The van der Waals surface area contributed by atoms with E-state index in [4.69, 9.17) is 0 Å². The van der Waals surface area contributed by atoms with Crippen molar-refractivity contribution in [1.82, 2.24) is 5.32 Å². The molecule has 0 saturated heterocycles. The fourth-order valence-corrected chi connectivity index (χ4v) is 2.43. The van der Waals surface area contributed by atoms with Gasteiger partial charge in [-0.3, -0.25) is 0 Å². The molecule has 1 unspecified atom stereocenters. The lowest BCUT2D eigenvalue weighted by atomic mass is 9.84. The van der Waals surface area contributed by atoms with E-state index in [2.05, 4.69) is 5.32 Å². The summed E-state index contributed by atoms with van der Waals surface area (Å²) < 4.78 is 0. The van der Waals surface area contributed by atoms with E-state index in [-0.39, 0.29) is 0 Å². The first-order valence-corrected chi connectivity index (χ1v) is 5.77. The largest absolute Gasteiger partial charge is 0.395 e. The molecule has 2 saturated carbocycles. The average Bonchev–Trinajstić information content (AvgIpc) is 2.99. The summed E-state index contributed by atoms with van der Waals surface area (Å²) in [7, 11) is 0. The lowest BCUT2D eigenvalue weighted by Crippen LogP contribution is -2.41. The summed E-state index contributed by atoms with van der Waals surface area (Å²) in [4.78, 5) is 0. The highest BCUT2D eigenvalue weighted by Gasteiger charge is 2.29. The third kappa shape index (κ3) is 2.68. The maximum absolute atomic E-state index is 9.29. The smallest absolute Gasteiger partial charge is 0.0587 e. The molecule has 2 rings (SSSR count). The van der Waals surface area contributed by atoms with E-state index in [1.165, 1.54) is 44.9 Å². The van der Waals surface area contributed by atoms with Crippen LogP contribution in [-0.2, 0) is 0 Å². The summed E-state index contributed by atoms with van der Waals surface area (Å²) in [6.45, 7) is 0.334. The first kappa shape index (κ1) is 9.47. The summed E-state index contributed by atoms with van der Waals surface area (Å²) in [5.41, 5.74) is 0. The molecule has 0 aromatic heterocycles. The van der Waals surface area contributed by atoms with E-state index in [1.807, 2.05) is 0 Å². The molecular weight excluding hydrogens is 162 g/mol. The molecule has 0 aromatic rings. The second kappa shape index (κ2) is 4.43. The second-order valence-corrected chi connectivity index (χ2v) is 4.63. The topological polar surface area (TPSA) is 32.3 Å². The van der Waals surface area contributed by atoms with Gasteiger partial charge in [0.25, 0.3) is 0 Å². The molecule has 2 heteroatoms. The molecule has 2 fully saturated rings. The van der Waals surface area contributed by atoms with Gasteiger partial charge in [-0.25, -0.2) is 0 Å². The van der Waals surface area contributed by atoms with Gasteiger partial charge in [0.2, 0.25) is 0 Å². The normalized spacial score (nSPS) is 27.5. The molecule has 0 bridgehead atoms. The number of hydrogen-bond acceptors (Lipinski definition) is 2. The van der Waals surface area contributed by atoms with Crippen molar-refractivity contribution in [3.63, 3.8) is 0 Å². The van der Waals surface area contributed by atoms with Crippen LogP contribution < -0.4 is 5.32 Å². The van der Waals surface area contributed by atoms with Crippen molar-refractivity contribution in [2.45, 2.75) is 57.0 Å². The minimum atomic E-state index is 0.334. The van der Waals surface area contributed by atoms with Crippen molar-refractivity contribution in [1.29, 1.82) is 0 Å². The molecule has 0 spiro atoms. The first-order valence-electron chi connectivity index (χ1n) is 5.77. The third-order valence-corrected chi connectivity index (χ3v) is 3.44. The van der Waals surface area contributed by atoms with Gasteiger partial charge < -0.3 is 10.4 Å². The lowest BCUT2D eigenvalue weighted by molar-refractivity contribution is 0.170. The lowest BCUT2D eigenvalue weighted by Gasteiger charge is -2.29. The molecule has 1 atom stereocenters. The Balaban J connectivity index is 1.78. The van der Waals surface area contributed by atoms with Gasteiger partial charge >= 0.3 is 0 Å². The predicted molar refractivity (Wildman–Crippen MR) is 53.6 cm³/mol. The Kier molecular flexibility index (Phi) is 3.23. The Bertz CT molecular complexity index is 150. The van der Waals surface area contributed by atoms with Gasteiger partial charge in [-0.15, -0.1) is 0 Å². The maximum atomic E-state index is 9.29. The second-order valence-electron chi connectivity index (χ2n) is 4.63. The van der Waals surface area contributed by atoms with Crippen molar-refractivity contribution in [3.8, 4) is 0 Å². The molecule has 2 aliphatic carbocycles. The highest BCUT2D eigenvalue weighted by Crippen LogP contribution is 2.28. The Hall–Kier alpha value is -0.0800. The zero-order valence-electron chi connectivity index (χ0n) is 8.34. The van der Waals surface area contributed by atoms with Crippen LogP contribution in [0.15, 0.2) is 0 Å². The van der Waals surface area contributed by atoms with Gasteiger partial charge in [0.15, 0.2) is 0 Å². The minimum Gasteiger partial charge on any atom is -0.395 e. The van der Waals surface area contributed by atoms with Crippen LogP contribution in [0, 0.1) is 5.92 Å². The summed E-state index contributed by atoms with van der Waals surface area (Å²) in [6, 6.07) is 1.13. The van der Waals surface area contributed by atoms with Gasteiger partial charge in [0, 0.05) is 12.1 Å². The molecule has 0 radical (unpaired) electrons. The van der Waals surface area contributed by atoms with Gasteiger partial charge in [-0.1, -0.05) is 19.3 Å². The van der Waals surface area contributed by atoms with Crippen LogP contribution in [0.25, 0.3) is 0 Å². The third-order valence-electron chi connectivity index (χ3n) is 3.44. The standard InChI is InChI=1S/C11H21NO/c13-8-11(12-10-6-7-10)9-4-2-1-3-5-9/h9-13H,1-8H2. The van der Waals surface area contributed by atoms with Crippen LogP contribution in [-0.4, -0.2) is 23.8 Å². The van der Waals surface area contributed by atoms with E-state index in [0.29, 0.717) is 12.6 Å². The molecule has 76 valence electrons. The van der Waals surface area contributed by atoms with E-state index < -0.39 is 0 Å². The van der Waals surface area contributed by atoms with E-state index in [0.717, 1.165) is 12.0 Å². The van der Waals surface area contributed by atoms with Crippen LogP contribution in [0.5, 0.6) is 0 Å². The Labute approximate surface area is 80.7 Å². The van der Waals surface area contributed by atoms with Crippen LogP contribution in [0.1, 0.15) is 44.9 Å². The molecule has 2 aliphatic rings. The predicted octanol–water partition coefficient (Wildman–Crippen LogP) is 1.68.